The summed E-state index contributed by atoms with van der Waals surface area (Å²) in [5.74, 6) is 0.535. The SMILES string of the molecule is COc1cncc(/C(N)=N\N=C(\C)c2cccnc2)n1. The van der Waals surface area contributed by atoms with Crippen LogP contribution in [0, 0.1) is 0 Å². The number of hydrogen-bond acceptors (Lipinski definition) is 6. The van der Waals surface area contributed by atoms with Gasteiger partial charge in [-0.05, 0) is 13.0 Å². The summed E-state index contributed by atoms with van der Waals surface area (Å²) < 4.78 is 4.97. The van der Waals surface area contributed by atoms with Crippen molar-refractivity contribution in [2.24, 2.45) is 15.9 Å². The molecule has 0 unspecified atom stereocenters. The van der Waals surface area contributed by atoms with Gasteiger partial charge in [-0.2, -0.15) is 5.10 Å². The molecule has 0 spiro atoms. The van der Waals surface area contributed by atoms with Crippen molar-refractivity contribution in [3.8, 4) is 5.88 Å². The molecule has 2 aromatic heterocycles. The fraction of sp³-hybridized carbons (Fsp3) is 0.154. The Bertz CT molecular complexity index is 638. The molecule has 0 bridgehead atoms. The normalized spacial score (nSPS) is 12.3. The molecular weight excluding hydrogens is 256 g/mol. The van der Waals surface area contributed by atoms with E-state index in [0.29, 0.717) is 17.3 Å². The van der Waals surface area contributed by atoms with Gasteiger partial charge >= 0.3 is 0 Å². The second kappa shape index (κ2) is 6.37. The second-order valence-corrected chi connectivity index (χ2v) is 3.86. The predicted molar refractivity (Wildman–Crippen MR) is 75.8 cm³/mol. The van der Waals surface area contributed by atoms with Crippen molar-refractivity contribution >= 4 is 11.5 Å². The fourth-order valence-electron chi connectivity index (χ4n) is 1.38. The van der Waals surface area contributed by atoms with Gasteiger partial charge < -0.3 is 10.5 Å². The van der Waals surface area contributed by atoms with E-state index in [1.807, 2.05) is 19.1 Å². The van der Waals surface area contributed by atoms with E-state index in [4.69, 9.17) is 10.5 Å². The first-order chi connectivity index (χ1) is 9.70. The van der Waals surface area contributed by atoms with Crippen molar-refractivity contribution in [1.82, 2.24) is 15.0 Å². The molecule has 0 atom stereocenters. The van der Waals surface area contributed by atoms with Crippen LogP contribution in [0.3, 0.4) is 0 Å². The van der Waals surface area contributed by atoms with E-state index in [1.54, 1.807) is 12.4 Å². The van der Waals surface area contributed by atoms with E-state index in [0.717, 1.165) is 5.56 Å². The number of methoxy groups -OCH3 is 1. The van der Waals surface area contributed by atoms with E-state index in [9.17, 15) is 0 Å². The standard InChI is InChI=1S/C13H14N6O/c1-9(10-4-3-5-15-6-10)18-19-13(14)11-7-16-8-12(17-11)20-2/h3-8H,1-2H3,(H2,14,19)/b18-9-. The number of aromatic nitrogens is 3. The van der Waals surface area contributed by atoms with Gasteiger partial charge in [0.05, 0.1) is 25.2 Å². The minimum absolute atomic E-state index is 0.166. The van der Waals surface area contributed by atoms with Gasteiger partial charge in [-0.3, -0.25) is 9.97 Å². The van der Waals surface area contributed by atoms with Crippen molar-refractivity contribution in [3.63, 3.8) is 0 Å². The molecule has 2 heterocycles. The maximum Gasteiger partial charge on any atom is 0.232 e. The van der Waals surface area contributed by atoms with Crippen molar-refractivity contribution in [1.29, 1.82) is 0 Å². The number of ether oxygens (including phenoxy) is 1. The zero-order valence-corrected chi connectivity index (χ0v) is 11.2. The summed E-state index contributed by atoms with van der Waals surface area (Å²) in [6, 6.07) is 3.72. The summed E-state index contributed by atoms with van der Waals surface area (Å²) in [5.41, 5.74) is 7.80. The zero-order valence-electron chi connectivity index (χ0n) is 11.2. The molecule has 2 N–H and O–H groups in total. The van der Waals surface area contributed by atoms with E-state index in [2.05, 4.69) is 25.2 Å². The molecule has 7 nitrogen and oxygen atoms in total. The van der Waals surface area contributed by atoms with Gasteiger partial charge in [0.25, 0.3) is 0 Å². The van der Waals surface area contributed by atoms with E-state index < -0.39 is 0 Å². The van der Waals surface area contributed by atoms with Crippen LogP contribution in [0.4, 0.5) is 0 Å². The Morgan fingerprint density at radius 2 is 2.05 bits per heavy atom. The molecule has 0 aliphatic rings. The average molecular weight is 270 g/mol. The highest BCUT2D eigenvalue weighted by Crippen LogP contribution is 2.04. The number of amidine groups is 1. The van der Waals surface area contributed by atoms with Crippen LogP contribution in [0.25, 0.3) is 0 Å². The second-order valence-electron chi connectivity index (χ2n) is 3.86. The largest absolute Gasteiger partial charge is 0.480 e. The fourth-order valence-corrected chi connectivity index (χ4v) is 1.38. The smallest absolute Gasteiger partial charge is 0.232 e. The number of pyridine rings is 1. The lowest BCUT2D eigenvalue weighted by Gasteiger charge is -2.01. The van der Waals surface area contributed by atoms with Crippen LogP contribution in [-0.2, 0) is 0 Å². The third-order valence-corrected chi connectivity index (χ3v) is 2.47. The molecule has 7 heteroatoms. The van der Waals surface area contributed by atoms with Gasteiger partial charge in [-0.25, -0.2) is 4.98 Å². The molecule has 20 heavy (non-hydrogen) atoms. The van der Waals surface area contributed by atoms with E-state index in [1.165, 1.54) is 19.5 Å². The Morgan fingerprint density at radius 1 is 1.20 bits per heavy atom. The third kappa shape index (κ3) is 3.35. The predicted octanol–water partition coefficient (Wildman–Crippen LogP) is 1.01. The summed E-state index contributed by atoms with van der Waals surface area (Å²) in [6.45, 7) is 1.82. The topological polar surface area (TPSA) is 98.6 Å². The van der Waals surface area contributed by atoms with Crippen LogP contribution in [0.1, 0.15) is 18.2 Å². The Hall–Kier alpha value is -2.83. The molecule has 2 aromatic rings. The number of rotatable bonds is 4. The Kier molecular flexibility index (Phi) is 4.33. The van der Waals surface area contributed by atoms with Crippen LogP contribution in [0.15, 0.2) is 47.1 Å². The van der Waals surface area contributed by atoms with Gasteiger partial charge in [0.15, 0.2) is 5.84 Å². The molecule has 0 aliphatic carbocycles. The molecular formula is C13H14N6O. The maximum absolute atomic E-state index is 5.81. The van der Waals surface area contributed by atoms with E-state index in [-0.39, 0.29) is 5.84 Å². The highest BCUT2D eigenvalue weighted by molar-refractivity contribution is 6.00. The maximum atomic E-state index is 5.81. The molecule has 0 radical (unpaired) electrons. The van der Waals surface area contributed by atoms with Crippen LogP contribution in [-0.4, -0.2) is 33.6 Å². The quantitative estimate of drug-likeness (QED) is 0.508. The van der Waals surface area contributed by atoms with Crippen molar-refractivity contribution in [2.45, 2.75) is 6.92 Å². The molecule has 0 aliphatic heterocycles. The van der Waals surface area contributed by atoms with E-state index >= 15 is 0 Å². The van der Waals surface area contributed by atoms with Gasteiger partial charge in [0, 0.05) is 18.0 Å². The zero-order chi connectivity index (χ0) is 14.4. The van der Waals surface area contributed by atoms with Gasteiger partial charge in [-0.15, -0.1) is 5.10 Å². The Labute approximate surface area is 116 Å². The van der Waals surface area contributed by atoms with Gasteiger partial charge in [-0.1, -0.05) is 6.07 Å². The summed E-state index contributed by atoms with van der Waals surface area (Å²) in [6.07, 6.45) is 6.38. The molecule has 0 aromatic carbocycles. The van der Waals surface area contributed by atoms with Crippen molar-refractivity contribution < 1.29 is 4.74 Å². The Morgan fingerprint density at radius 3 is 2.75 bits per heavy atom. The van der Waals surface area contributed by atoms with Crippen molar-refractivity contribution in [3.05, 3.63) is 48.2 Å². The third-order valence-electron chi connectivity index (χ3n) is 2.47. The number of hydrogen-bond donors (Lipinski definition) is 1. The molecule has 102 valence electrons. The van der Waals surface area contributed by atoms with Crippen LogP contribution >= 0.6 is 0 Å². The molecule has 2 rings (SSSR count). The van der Waals surface area contributed by atoms with Gasteiger partial charge in [0.1, 0.15) is 5.69 Å². The first-order valence-corrected chi connectivity index (χ1v) is 5.85. The van der Waals surface area contributed by atoms with Crippen LogP contribution in [0.5, 0.6) is 5.88 Å². The molecule has 0 fully saturated rings. The summed E-state index contributed by atoms with van der Waals surface area (Å²) >= 11 is 0. The summed E-state index contributed by atoms with van der Waals surface area (Å²) in [5, 5.41) is 8.00. The summed E-state index contributed by atoms with van der Waals surface area (Å²) in [4.78, 5) is 12.1. The number of nitrogens with two attached hydrogens (primary N) is 1. The molecule has 0 saturated heterocycles. The highest BCUT2D eigenvalue weighted by Gasteiger charge is 2.03. The lowest BCUT2D eigenvalue weighted by molar-refractivity contribution is 0.395. The minimum Gasteiger partial charge on any atom is -0.480 e. The first-order valence-electron chi connectivity index (χ1n) is 5.85. The minimum atomic E-state index is 0.166. The molecule has 0 amide bonds. The van der Waals surface area contributed by atoms with Gasteiger partial charge in [0.2, 0.25) is 5.88 Å². The monoisotopic (exact) mass is 270 g/mol. The highest BCUT2D eigenvalue weighted by atomic mass is 16.5. The average Bonchev–Trinajstić information content (AvgIpc) is 2.53. The lowest BCUT2D eigenvalue weighted by atomic mass is 10.2. The molecule has 0 saturated carbocycles. The Balaban J connectivity index is 2.22. The number of nitrogens with zero attached hydrogens (tertiary/aromatic N) is 5. The summed E-state index contributed by atoms with van der Waals surface area (Å²) in [7, 11) is 1.51. The van der Waals surface area contributed by atoms with Crippen molar-refractivity contribution in [2.75, 3.05) is 7.11 Å². The van der Waals surface area contributed by atoms with Crippen LogP contribution < -0.4 is 10.5 Å². The lowest BCUT2D eigenvalue weighted by Crippen LogP contribution is -2.15. The first kappa shape index (κ1) is 13.6. The van der Waals surface area contributed by atoms with Crippen LogP contribution in [0.2, 0.25) is 0 Å².